The SMILES string of the molecule is CC(=O)c1ccc(C[C@@H](COCOCC[Si](C)(C)C)NC(=O)OC(C)(C)C)cc1. The van der Waals surface area contributed by atoms with Gasteiger partial charge in [0, 0.05) is 20.2 Å². The zero-order valence-electron chi connectivity index (χ0n) is 19.0. The number of amides is 1. The fourth-order valence-electron chi connectivity index (χ4n) is 2.47. The van der Waals surface area contributed by atoms with Gasteiger partial charge in [-0.1, -0.05) is 43.9 Å². The Labute approximate surface area is 176 Å². The molecule has 0 aliphatic carbocycles. The lowest BCUT2D eigenvalue weighted by Gasteiger charge is -2.24. The molecule has 0 fully saturated rings. The molecule has 0 saturated heterocycles. The van der Waals surface area contributed by atoms with Gasteiger partial charge in [0.05, 0.1) is 12.6 Å². The number of ketones is 1. The van der Waals surface area contributed by atoms with Gasteiger partial charge in [0.25, 0.3) is 0 Å². The first-order valence-electron chi connectivity index (χ1n) is 10.1. The van der Waals surface area contributed by atoms with E-state index >= 15 is 0 Å². The Morgan fingerprint density at radius 2 is 1.69 bits per heavy atom. The van der Waals surface area contributed by atoms with E-state index in [1.165, 1.54) is 6.92 Å². The van der Waals surface area contributed by atoms with Gasteiger partial charge in [-0.3, -0.25) is 4.79 Å². The molecule has 1 N–H and O–H groups in total. The number of Topliss-reactive ketones (excluding diaryl/α,β-unsaturated/α-hetero) is 1. The number of nitrogens with one attached hydrogen (secondary N) is 1. The normalized spacial score (nSPS) is 13.1. The predicted molar refractivity (Wildman–Crippen MR) is 118 cm³/mol. The van der Waals surface area contributed by atoms with Crippen LogP contribution in [0.4, 0.5) is 4.79 Å². The lowest BCUT2D eigenvalue weighted by atomic mass is 10.0. The Morgan fingerprint density at radius 3 is 2.21 bits per heavy atom. The molecular weight excluding hydrogens is 386 g/mol. The van der Waals surface area contributed by atoms with E-state index in [4.69, 9.17) is 14.2 Å². The lowest BCUT2D eigenvalue weighted by Crippen LogP contribution is -2.42. The van der Waals surface area contributed by atoms with Crippen molar-refractivity contribution in [2.24, 2.45) is 0 Å². The molecule has 1 atom stereocenters. The minimum absolute atomic E-state index is 0.0266. The van der Waals surface area contributed by atoms with Crippen LogP contribution in [0, 0.1) is 0 Å². The third-order valence-corrected chi connectivity index (χ3v) is 5.75. The van der Waals surface area contributed by atoms with Crippen molar-refractivity contribution in [2.75, 3.05) is 20.0 Å². The fourth-order valence-corrected chi connectivity index (χ4v) is 3.23. The molecule has 7 heteroatoms. The summed E-state index contributed by atoms with van der Waals surface area (Å²) in [6, 6.07) is 8.19. The smallest absolute Gasteiger partial charge is 0.407 e. The Bertz CT molecular complexity index is 647. The van der Waals surface area contributed by atoms with Crippen molar-refractivity contribution in [3.05, 3.63) is 35.4 Å². The summed E-state index contributed by atoms with van der Waals surface area (Å²) in [5.74, 6) is 0.0266. The van der Waals surface area contributed by atoms with E-state index in [2.05, 4.69) is 25.0 Å². The molecule has 6 nitrogen and oxygen atoms in total. The monoisotopic (exact) mass is 423 g/mol. The largest absolute Gasteiger partial charge is 0.444 e. The van der Waals surface area contributed by atoms with E-state index in [9.17, 15) is 9.59 Å². The first-order valence-corrected chi connectivity index (χ1v) is 13.8. The van der Waals surface area contributed by atoms with Crippen LogP contribution in [0.3, 0.4) is 0 Å². The maximum atomic E-state index is 12.2. The molecule has 0 saturated carbocycles. The summed E-state index contributed by atoms with van der Waals surface area (Å²) in [6.45, 7) is 15.1. The number of carbonyl (C=O) groups excluding carboxylic acids is 2. The second-order valence-electron chi connectivity index (χ2n) is 9.51. The summed E-state index contributed by atoms with van der Waals surface area (Å²) >= 11 is 0. The molecule has 1 aromatic rings. The number of alkyl carbamates (subject to hydrolysis) is 1. The summed E-state index contributed by atoms with van der Waals surface area (Å²) < 4.78 is 16.6. The molecule has 0 bridgehead atoms. The molecule has 0 heterocycles. The van der Waals surface area contributed by atoms with Crippen LogP contribution in [0.25, 0.3) is 0 Å². The lowest BCUT2D eigenvalue weighted by molar-refractivity contribution is -0.0562. The standard InChI is InChI=1S/C22H37NO5Si/c1-17(24)19-10-8-18(9-11-19)14-20(23-21(25)28-22(2,3)4)15-27-16-26-12-13-29(5,6)7/h8-11,20H,12-16H2,1-7H3,(H,23,25)/t20-/m0/s1. The van der Waals surface area contributed by atoms with Crippen molar-refractivity contribution < 1.29 is 23.8 Å². The molecule has 0 aromatic heterocycles. The van der Waals surface area contributed by atoms with Crippen molar-refractivity contribution in [3.8, 4) is 0 Å². The molecule has 0 spiro atoms. The molecule has 0 radical (unpaired) electrons. The highest BCUT2D eigenvalue weighted by Crippen LogP contribution is 2.11. The van der Waals surface area contributed by atoms with Gasteiger partial charge < -0.3 is 19.5 Å². The van der Waals surface area contributed by atoms with Gasteiger partial charge in [-0.15, -0.1) is 0 Å². The number of hydrogen-bond acceptors (Lipinski definition) is 5. The van der Waals surface area contributed by atoms with Crippen molar-refractivity contribution in [1.82, 2.24) is 5.32 Å². The Morgan fingerprint density at radius 1 is 1.07 bits per heavy atom. The first kappa shape index (κ1) is 25.3. The van der Waals surface area contributed by atoms with Crippen LogP contribution in [0.5, 0.6) is 0 Å². The summed E-state index contributed by atoms with van der Waals surface area (Å²) in [5, 5.41) is 2.87. The average molecular weight is 424 g/mol. The maximum absolute atomic E-state index is 12.2. The molecule has 1 rings (SSSR count). The van der Waals surface area contributed by atoms with Gasteiger partial charge in [0.2, 0.25) is 0 Å². The van der Waals surface area contributed by atoms with Gasteiger partial charge in [0.1, 0.15) is 12.4 Å². The Balaban J connectivity index is 2.60. The third kappa shape index (κ3) is 12.5. The van der Waals surface area contributed by atoms with E-state index in [-0.39, 0.29) is 18.6 Å². The highest BCUT2D eigenvalue weighted by atomic mass is 28.3. The first-order chi connectivity index (χ1) is 13.4. The van der Waals surface area contributed by atoms with Crippen molar-refractivity contribution >= 4 is 20.0 Å². The maximum Gasteiger partial charge on any atom is 0.407 e. The Hall–Kier alpha value is -1.70. The van der Waals surface area contributed by atoms with Gasteiger partial charge >= 0.3 is 6.09 Å². The summed E-state index contributed by atoms with van der Waals surface area (Å²) in [7, 11) is -1.13. The third-order valence-electron chi connectivity index (χ3n) is 4.05. The van der Waals surface area contributed by atoms with Crippen LogP contribution < -0.4 is 5.32 Å². The second kappa shape index (κ2) is 11.5. The molecule has 0 aliphatic rings. The Kier molecular flexibility index (Phi) is 10.0. The number of ether oxygens (including phenoxy) is 3. The second-order valence-corrected chi connectivity index (χ2v) is 15.1. The topological polar surface area (TPSA) is 73.9 Å². The molecule has 0 unspecified atom stereocenters. The van der Waals surface area contributed by atoms with E-state index in [1.807, 2.05) is 32.9 Å². The summed E-state index contributed by atoms with van der Waals surface area (Å²) in [5.41, 5.74) is 1.09. The molecule has 1 amide bonds. The highest BCUT2D eigenvalue weighted by Gasteiger charge is 2.20. The molecule has 29 heavy (non-hydrogen) atoms. The molecule has 1 aromatic carbocycles. The molecule has 164 valence electrons. The van der Waals surface area contributed by atoms with Gasteiger partial charge in [0.15, 0.2) is 5.78 Å². The van der Waals surface area contributed by atoms with Crippen molar-refractivity contribution in [2.45, 2.75) is 71.4 Å². The van der Waals surface area contributed by atoms with E-state index in [1.54, 1.807) is 12.1 Å². The highest BCUT2D eigenvalue weighted by molar-refractivity contribution is 6.76. The predicted octanol–water partition coefficient (Wildman–Crippen LogP) is 4.65. The van der Waals surface area contributed by atoms with Crippen LogP contribution in [-0.2, 0) is 20.6 Å². The van der Waals surface area contributed by atoms with E-state index < -0.39 is 19.8 Å². The minimum Gasteiger partial charge on any atom is -0.444 e. The molecule has 0 aliphatic heterocycles. The van der Waals surface area contributed by atoms with Crippen molar-refractivity contribution in [3.63, 3.8) is 0 Å². The average Bonchev–Trinajstić information content (AvgIpc) is 2.55. The van der Waals surface area contributed by atoms with Gasteiger partial charge in [-0.25, -0.2) is 4.79 Å². The van der Waals surface area contributed by atoms with Crippen LogP contribution in [0.2, 0.25) is 25.7 Å². The van der Waals surface area contributed by atoms with E-state index in [0.717, 1.165) is 11.6 Å². The number of rotatable bonds is 11. The number of hydrogen-bond donors (Lipinski definition) is 1. The van der Waals surface area contributed by atoms with Crippen LogP contribution in [0.15, 0.2) is 24.3 Å². The zero-order valence-corrected chi connectivity index (χ0v) is 20.0. The summed E-state index contributed by atoms with van der Waals surface area (Å²) in [4.78, 5) is 23.6. The van der Waals surface area contributed by atoms with Crippen molar-refractivity contribution in [1.29, 1.82) is 0 Å². The quantitative estimate of drug-likeness (QED) is 0.243. The zero-order chi connectivity index (χ0) is 22.1. The van der Waals surface area contributed by atoms with Gasteiger partial charge in [-0.05, 0) is 45.7 Å². The van der Waals surface area contributed by atoms with Crippen LogP contribution in [-0.4, -0.2) is 51.6 Å². The molecular formula is C22H37NO5Si. The summed E-state index contributed by atoms with van der Waals surface area (Å²) in [6.07, 6.45) is 0.0814. The van der Waals surface area contributed by atoms with Crippen LogP contribution >= 0.6 is 0 Å². The number of benzene rings is 1. The minimum atomic E-state index is -1.13. The van der Waals surface area contributed by atoms with Crippen LogP contribution in [0.1, 0.15) is 43.6 Å². The fraction of sp³-hybridized carbons (Fsp3) is 0.636. The van der Waals surface area contributed by atoms with E-state index in [0.29, 0.717) is 25.2 Å². The number of carbonyl (C=O) groups is 2. The van der Waals surface area contributed by atoms with Gasteiger partial charge in [-0.2, -0.15) is 0 Å².